The second-order valence-corrected chi connectivity index (χ2v) is 10.5. The van der Waals surface area contributed by atoms with Crippen LogP contribution in [-0.2, 0) is 18.9 Å². The molecule has 1 saturated heterocycles. The van der Waals surface area contributed by atoms with Gasteiger partial charge in [0.1, 0.15) is 6.10 Å². The van der Waals surface area contributed by atoms with Gasteiger partial charge in [-0.05, 0) is 48.5 Å². The van der Waals surface area contributed by atoms with Gasteiger partial charge in [-0.3, -0.25) is 0 Å². The number of benzene rings is 4. The summed E-state index contributed by atoms with van der Waals surface area (Å²) in [7, 11) is 0. The number of aliphatic hydroxyl groups is 1. The van der Waals surface area contributed by atoms with Crippen LogP contribution in [0.2, 0.25) is 0 Å². The summed E-state index contributed by atoms with van der Waals surface area (Å²) in [5, 5.41) is 11.1. The van der Waals surface area contributed by atoms with Crippen molar-refractivity contribution in [2.45, 2.75) is 35.6 Å². The molecule has 0 bridgehead atoms. The van der Waals surface area contributed by atoms with Gasteiger partial charge >= 0.3 is 17.9 Å². The molecule has 0 saturated carbocycles. The molecular formula is C33H28O8S. The first-order chi connectivity index (χ1) is 20.5. The Morgan fingerprint density at radius 3 is 1.40 bits per heavy atom. The highest BCUT2D eigenvalue weighted by Gasteiger charge is 2.52. The van der Waals surface area contributed by atoms with Gasteiger partial charge in [0, 0.05) is 10.6 Å². The smallest absolute Gasteiger partial charge is 0.338 e. The van der Waals surface area contributed by atoms with E-state index in [0.717, 1.165) is 4.90 Å². The van der Waals surface area contributed by atoms with E-state index >= 15 is 0 Å². The van der Waals surface area contributed by atoms with Gasteiger partial charge in [-0.2, -0.15) is 0 Å². The number of hydrogen-bond acceptors (Lipinski definition) is 9. The first-order valence-corrected chi connectivity index (χ1v) is 14.3. The Hall–Kier alpha value is -4.44. The molecule has 1 aliphatic rings. The van der Waals surface area contributed by atoms with Crippen molar-refractivity contribution in [2.24, 2.45) is 0 Å². The molecule has 8 nitrogen and oxygen atoms in total. The van der Waals surface area contributed by atoms with E-state index in [1.54, 1.807) is 91.0 Å². The summed E-state index contributed by atoms with van der Waals surface area (Å²) in [6.45, 7) is 0. The number of esters is 3. The van der Waals surface area contributed by atoms with E-state index in [1.165, 1.54) is 11.8 Å². The van der Waals surface area contributed by atoms with Gasteiger partial charge in [-0.15, -0.1) is 11.8 Å². The maximum Gasteiger partial charge on any atom is 0.338 e. The van der Waals surface area contributed by atoms with Crippen molar-refractivity contribution in [1.29, 1.82) is 0 Å². The minimum absolute atomic E-state index is 0.220. The Balaban J connectivity index is 1.48. The third-order valence-corrected chi connectivity index (χ3v) is 7.63. The predicted octanol–water partition coefficient (Wildman–Crippen LogP) is 5.17. The third kappa shape index (κ3) is 7.25. The van der Waals surface area contributed by atoms with Crippen LogP contribution in [-0.4, -0.2) is 59.5 Å². The Morgan fingerprint density at radius 2 is 0.952 bits per heavy atom. The number of aliphatic hydroxyl groups excluding tert-OH is 1. The van der Waals surface area contributed by atoms with E-state index in [0.29, 0.717) is 0 Å². The SMILES string of the molecule is O=C(O[C@@H]1[C@@H](OC(=O)c2ccccc2)[C@H](O)O[C@H](CSc2ccccc2)[C@H]1OC(=O)c1ccccc1)c1ccccc1. The number of carbonyl (C=O) groups is 3. The van der Waals surface area contributed by atoms with Crippen molar-refractivity contribution in [3.63, 3.8) is 0 Å². The largest absolute Gasteiger partial charge is 0.452 e. The lowest BCUT2D eigenvalue weighted by Gasteiger charge is -2.43. The van der Waals surface area contributed by atoms with E-state index in [2.05, 4.69) is 0 Å². The van der Waals surface area contributed by atoms with Crippen LogP contribution in [0.5, 0.6) is 0 Å². The lowest BCUT2D eigenvalue weighted by molar-refractivity contribution is -0.274. The molecule has 214 valence electrons. The average Bonchev–Trinajstić information content (AvgIpc) is 3.04. The fraction of sp³-hybridized carbons (Fsp3) is 0.182. The first kappa shape index (κ1) is 29.1. The Morgan fingerprint density at radius 1 is 0.571 bits per heavy atom. The van der Waals surface area contributed by atoms with E-state index in [9.17, 15) is 19.5 Å². The molecule has 1 fully saturated rings. The highest BCUT2D eigenvalue weighted by atomic mass is 32.2. The van der Waals surface area contributed by atoms with Gasteiger partial charge in [0.05, 0.1) is 16.7 Å². The van der Waals surface area contributed by atoms with Crippen LogP contribution in [0.15, 0.2) is 126 Å². The summed E-state index contributed by atoms with van der Waals surface area (Å²) in [4.78, 5) is 40.5. The second kappa shape index (κ2) is 14.0. The van der Waals surface area contributed by atoms with Crippen molar-refractivity contribution in [1.82, 2.24) is 0 Å². The van der Waals surface area contributed by atoms with Crippen LogP contribution in [0.3, 0.4) is 0 Å². The molecular weight excluding hydrogens is 556 g/mol. The van der Waals surface area contributed by atoms with Crippen LogP contribution in [0.4, 0.5) is 0 Å². The number of carbonyl (C=O) groups excluding carboxylic acids is 3. The highest BCUT2D eigenvalue weighted by molar-refractivity contribution is 7.99. The minimum atomic E-state index is -1.68. The number of ether oxygens (including phenoxy) is 4. The molecule has 4 aromatic carbocycles. The molecule has 0 aromatic heterocycles. The molecule has 1 heterocycles. The topological polar surface area (TPSA) is 108 Å². The van der Waals surface area contributed by atoms with E-state index in [-0.39, 0.29) is 22.4 Å². The van der Waals surface area contributed by atoms with Crippen molar-refractivity contribution in [2.75, 3.05) is 5.75 Å². The van der Waals surface area contributed by atoms with Crippen molar-refractivity contribution >= 4 is 29.7 Å². The maximum absolute atomic E-state index is 13.3. The molecule has 1 aliphatic heterocycles. The van der Waals surface area contributed by atoms with Crippen LogP contribution in [0, 0.1) is 0 Å². The molecule has 1 N–H and O–H groups in total. The van der Waals surface area contributed by atoms with E-state index in [1.807, 2.05) is 30.3 Å². The average molecular weight is 585 g/mol. The van der Waals surface area contributed by atoms with Crippen LogP contribution < -0.4 is 0 Å². The maximum atomic E-state index is 13.3. The quantitative estimate of drug-likeness (QED) is 0.162. The fourth-order valence-corrected chi connectivity index (χ4v) is 5.40. The van der Waals surface area contributed by atoms with Crippen molar-refractivity contribution in [3.8, 4) is 0 Å². The summed E-state index contributed by atoms with van der Waals surface area (Å²) in [6, 6.07) is 34.2. The zero-order valence-corrected chi connectivity index (χ0v) is 23.2. The standard InChI is InChI=1S/C33H28O8S/c34-30(22-13-5-1-6-14-22)39-27-26(21-42-25-19-11-4-12-20-25)38-33(37)29(41-32(36)24-17-9-3-10-18-24)28(27)40-31(35)23-15-7-2-8-16-23/h1-20,26-29,33,37H,21H2/t26-,27-,28+,29-,33-/m1/s1. The second-order valence-electron chi connectivity index (χ2n) is 9.40. The van der Waals surface area contributed by atoms with Gasteiger partial charge < -0.3 is 24.1 Å². The summed E-state index contributed by atoms with van der Waals surface area (Å²) < 4.78 is 23.4. The van der Waals surface area contributed by atoms with Gasteiger partial charge in [0.25, 0.3) is 0 Å². The lowest BCUT2D eigenvalue weighted by Crippen LogP contribution is -2.62. The lowest BCUT2D eigenvalue weighted by atomic mass is 9.98. The molecule has 9 heteroatoms. The van der Waals surface area contributed by atoms with Gasteiger partial charge in [-0.1, -0.05) is 72.8 Å². The fourth-order valence-electron chi connectivity index (χ4n) is 4.42. The zero-order chi connectivity index (χ0) is 29.3. The van der Waals surface area contributed by atoms with Crippen molar-refractivity contribution in [3.05, 3.63) is 138 Å². The molecule has 0 radical (unpaired) electrons. The highest BCUT2D eigenvalue weighted by Crippen LogP contribution is 2.32. The summed E-state index contributed by atoms with van der Waals surface area (Å²) in [6.07, 6.45) is -6.75. The monoisotopic (exact) mass is 584 g/mol. The van der Waals surface area contributed by atoms with Gasteiger partial charge in [0.15, 0.2) is 24.6 Å². The summed E-state index contributed by atoms with van der Waals surface area (Å²) in [5.74, 6) is -1.98. The number of thioether (sulfide) groups is 1. The Labute approximate surface area is 247 Å². The zero-order valence-electron chi connectivity index (χ0n) is 22.4. The summed E-state index contributed by atoms with van der Waals surface area (Å²) >= 11 is 1.41. The number of hydrogen-bond donors (Lipinski definition) is 1. The third-order valence-electron chi connectivity index (χ3n) is 6.52. The molecule has 4 aromatic rings. The van der Waals surface area contributed by atoms with E-state index < -0.39 is 48.6 Å². The molecule has 0 spiro atoms. The Bertz CT molecular complexity index is 1470. The normalized spacial score (nSPS) is 21.6. The molecule has 5 atom stereocenters. The van der Waals surface area contributed by atoms with Crippen LogP contribution >= 0.6 is 11.8 Å². The minimum Gasteiger partial charge on any atom is -0.452 e. The molecule has 5 rings (SSSR count). The van der Waals surface area contributed by atoms with E-state index in [4.69, 9.17) is 18.9 Å². The van der Waals surface area contributed by atoms with Crippen LogP contribution in [0.1, 0.15) is 31.1 Å². The van der Waals surface area contributed by atoms with Crippen LogP contribution in [0.25, 0.3) is 0 Å². The predicted molar refractivity (Wildman–Crippen MR) is 155 cm³/mol. The molecule has 0 aliphatic carbocycles. The summed E-state index contributed by atoms with van der Waals surface area (Å²) in [5.41, 5.74) is 0.719. The number of rotatable bonds is 9. The van der Waals surface area contributed by atoms with Gasteiger partial charge in [0.2, 0.25) is 0 Å². The van der Waals surface area contributed by atoms with Crippen molar-refractivity contribution < 1.29 is 38.4 Å². The Kier molecular flexibility index (Phi) is 9.66. The first-order valence-electron chi connectivity index (χ1n) is 13.3. The molecule has 42 heavy (non-hydrogen) atoms. The molecule has 0 unspecified atom stereocenters. The molecule has 0 amide bonds. The van der Waals surface area contributed by atoms with Gasteiger partial charge in [-0.25, -0.2) is 14.4 Å².